The Balaban J connectivity index is 2.40. The van der Waals surface area contributed by atoms with E-state index >= 15 is 0 Å². The van der Waals surface area contributed by atoms with Crippen molar-refractivity contribution in [2.24, 2.45) is 0 Å². The average molecular weight is 242 g/mol. The van der Waals surface area contributed by atoms with Crippen molar-refractivity contribution in [1.82, 2.24) is 0 Å². The average Bonchev–Trinajstić information content (AvgIpc) is 2.27. The van der Waals surface area contributed by atoms with Gasteiger partial charge in [0.15, 0.2) is 11.9 Å². The molecule has 0 aliphatic carbocycles. The van der Waals surface area contributed by atoms with Crippen molar-refractivity contribution in [3.63, 3.8) is 0 Å². The zero-order valence-corrected chi connectivity index (χ0v) is 9.57. The predicted octanol–water partition coefficient (Wildman–Crippen LogP) is 2.62. The number of para-hydroxylation sites is 1. The van der Waals surface area contributed by atoms with Crippen molar-refractivity contribution in [1.29, 1.82) is 0 Å². The standard InChI is InChI=1S/C11H12ClNO3/c1-2-4-9-11(14)13(15)8-6-3-5-7(12)10(8)16-9/h3,5-6,9,15H,2,4H2,1H3. The van der Waals surface area contributed by atoms with Crippen LogP contribution in [0.25, 0.3) is 0 Å². The van der Waals surface area contributed by atoms with E-state index < -0.39 is 12.0 Å². The summed E-state index contributed by atoms with van der Waals surface area (Å²) in [5.74, 6) is -0.0821. The van der Waals surface area contributed by atoms with Gasteiger partial charge in [0.2, 0.25) is 0 Å². The summed E-state index contributed by atoms with van der Waals surface area (Å²) in [6.07, 6.45) is 0.701. The van der Waals surface area contributed by atoms with Gasteiger partial charge in [0.05, 0.1) is 5.02 Å². The van der Waals surface area contributed by atoms with E-state index in [0.717, 1.165) is 6.42 Å². The number of hydrogen-bond acceptors (Lipinski definition) is 3. The summed E-state index contributed by atoms with van der Waals surface area (Å²) in [4.78, 5) is 11.7. The van der Waals surface area contributed by atoms with E-state index in [1.54, 1.807) is 18.2 Å². The van der Waals surface area contributed by atoms with Crippen molar-refractivity contribution in [2.45, 2.75) is 25.9 Å². The van der Waals surface area contributed by atoms with Crippen molar-refractivity contribution >= 4 is 23.2 Å². The van der Waals surface area contributed by atoms with Crippen LogP contribution in [-0.4, -0.2) is 17.2 Å². The number of fused-ring (bicyclic) bond motifs is 1. The Hall–Kier alpha value is -1.26. The molecule has 86 valence electrons. The number of carbonyl (C=O) groups is 1. The molecule has 1 atom stereocenters. The number of ether oxygens (including phenoxy) is 1. The minimum Gasteiger partial charge on any atom is -0.477 e. The van der Waals surface area contributed by atoms with Gasteiger partial charge in [-0.05, 0) is 18.6 Å². The molecule has 1 amide bonds. The molecule has 2 rings (SSSR count). The van der Waals surface area contributed by atoms with Gasteiger partial charge in [-0.1, -0.05) is 31.0 Å². The van der Waals surface area contributed by atoms with E-state index in [2.05, 4.69) is 0 Å². The first-order chi connectivity index (χ1) is 7.65. The Morgan fingerprint density at radius 2 is 2.31 bits per heavy atom. The molecule has 16 heavy (non-hydrogen) atoms. The molecule has 5 heteroatoms. The van der Waals surface area contributed by atoms with Crippen LogP contribution in [0.5, 0.6) is 5.75 Å². The number of halogens is 1. The van der Waals surface area contributed by atoms with Gasteiger partial charge in [-0.2, -0.15) is 5.06 Å². The number of carbonyl (C=O) groups excluding carboxylic acids is 1. The fraction of sp³-hybridized carbons (Fsp3) is 0.364. The van der Waals surface area contributed by atoms with Crippen LogP contribution in [0.2, 0.25) is 5.02 Å². The van der Waals surface area contributed by atoms with Crippen LogP contribution >= 0.6 is 11.6 Å². The molecule has 0 saturated carbocycles. The molecule has 1 aliphatic heterocycles. The third-order valence-electron chi connectivity index (χ3n) is 2.47. The first-order valence-electron chi connectivity index (χ1n) is 5.13. The third-order valence-corrected chi connectivity index (χ3v) is 2.77. The minimum absolute atomic E-state index is 0.296. The van der Waals surface area contributed by atoms with Gasteiger partial charge in [0.25, 0.3) is 5.91 Å². The molecule has 1 unspecified atom stereocenters. The van der Waals surface area contributed by atoms with Gasteiger partial charge < -0.3 is 4.74 Å². The lowest BCUT2D eigenvalue weighted by atomic mass is 10.1. The second-order valence-electron chi connectivity index (χ2n) is 3.63. The Morgan fingerprint density at radius 1 is 1.56 bits per heavy atom. The number of hydrogen-bond donors (Lipinski definition) is 1. The highest BCUT2D eigenvalue weighted by molar-refractivity contribution is 6.32. The molecule has 0 fully saturated rings. The fourth-order valence-corrected chi connectivity index (χ4v) is 1.89. The molecule has 0 saturated heterocycles. The number of hydroxylamine groups is 1. The van der Waals surface area contributed by atoms with Gasteiger partial charge in [0.1, 0.15) is 5.69 Å². The maximum Gasteiger partial charge on any atom is 0.291 e. The van der Waals surface area contributed by atoms with Crippen LogP contribution in [0.3, 0.4) is 0 Å². The molecule has 0 bridgehead atoms. The number of amides is 1. The molecule has 1 aliphatic rings. The fourth-order valence-electron chi connectivity index (χ4n) is 1.67. The van der Waals surface area contributed by atoms with Crippen LogP contribution in [0, 0.1) is 0 Å². The highest BCUT2D eigenvalue weighted by atomic mass is 35.5. The summed E-state index contributed by atoms with van der Waals surface area (Å²) < 4.78 is 5.50. The maximum absolute atomic E-state index is 11.7. The molecule has 1 aromatic rings. The van der Waals surface area contributed by atoms with Crippen molar-refractivity contribution in [3.8, 4) is 5.75 Å². The Kier molecular flexibility index (Phi) is 3.03. The van der Waals surface area contributed by atoms with Crippen LogP contribution in [0.4, 0.5) is 5.69 Å². The Labute approximate surface area is 98.3 Å². The summed E-state index contributed by atoms with van der Waals surface area (Å²) in [7, 11) is 0. The molecular formula is C11H12ClNO3. The van der Waals surface area contributed by atoms with E-state index in [9.17, 15) is 10.0 Å². The summed E-state index contributed by atoms with van der Waals surface area (Å²) in [6.45, 7) is 1.94. The van der Waals surface area contributed by atoms with Crippen LogP contribution in [0.15, 0.2) is 18.2 Å². The second kappa shape index (κ2) is 4.31. The first-order valence-corrected chi connectivity index (χ1v) is 5.51. The topological polar surface area (TPSA) is 49.8 Å². The molecule has 0 aromatic heterocycles. The lowest BCUT2D eigenvalue weighted by Crippen LogP contribution is -2.44. The maximum atomic E-state index is 11.7. The SMILES string of the molecule is CCCC1Oc2c(Cl)cccc2N(O)C1=O. The molecule has 1 N–H and O–H groups in total. The quantitative estimate of drug-likeness (QED) is 0.810. The number of nitrogens with zero attached hydrogens (tertiary/aromatic N) is 1. The predicted molar refractivity (Wildman–Crippen MR) is 60.0 cm³/mol. The van der Waals surface area contributed by atoms with Gasteiger partial charge >= 0.3 is 0 Å². The van der Waals surface area contributed by atoms with E-state index in [-0.39, 0.29) is 0 Å². The van der Waals surface area contributed by atoms with Gasteiger partial charge in [0, 0.05) is 0 Å². The zero-order valence-electron chi connectivity index (χ0n) is 8.81. The molecule has 0 spiro atoms. The smallest absolute Gasteiger partial charge is 0.291 e. The van der Waals surface area contributed by atoms with Crippen LogP contribution < -0.4 is 9.80 Å². The summed E-state index contributed by atoms with van der Waals surface area (Å²) in [5.41, 5.74) is 0.296. The Bertz CT molecular complexity index is 422. The number of benzene rings is 1. The highest BCUT2D eigenvalue weighted by Crippen LogP contribution is 2.39. The van der Waals surface area contributed by atoms with Crippen molar-refractivity contribution in [2.75, 3.05) is 5.06 Å². The third kappa shape index (κ3) is 1.74. The largest absolute Gasteiger partial charge is 0.477 e. The first kappa shape index (κ1) is 11.2. The number of rotatable bonds is 2. The van der Waals surface area contributed by atoms with Crippen molar-refractivity contribution in [3.05, 3.63) is 23.2 Å². The van der Waals surface area contributed by atoms with Crippen LogP contribution in [-0.2, 0) is 4.79 Å². The Morgan fingerprint density at radius 3 is 3.00 bits per heavy atom. The monoisotopic (exact) mass is 241 g/mol. The lowest BCUT2D eigenvalue weighted by molar-refractivity contribution is -0.132. The van der Waals surface area contributed by atoms with E-state index in [0.29, 0.717) is 27.9 Å². The highest BCUT2D eigenvalue weighted by Gasteiger charge is 2.34. The van der Waals surface area contributed by atoms with Gasteiger partial charge in [-0.3, -0.25) is 10.0 Å². The summed E-state index contributed by atoms with van der Waals surface area (Å²) in [6, 6.07) is 4.90. The molecular weight excluding hydrogens is 230 g/mol. The molecule has 4 nitrogen and oxygen atoms in total. The second-order valence-corrected chi connectivity index (χ2v) is 4.04. The lowest BCUT2D eigenvalue weighted by Gasteiger charge is -2.30. The minimum atomic E-state index is -0.651. The zero-order chi connectivity index (χ0) is 11.7. The molecule has 1 aromatic carbocycles. The number of anilines is 1. The van der Waals surface area contributed by atoms with Crippen LogP contribution in [0.1, 0.15) is 19.8 Å². The summed E-state index contributed by atoms with van der Waals surface area (Å²) in [5, 5.41) is 10.7. The summed E-state index contributed by atoms with van der Waals surface area (Å²) >= 11 is 5.95. The normalized spacial score (nSPS) is 19.3. The van der Waals surface area contributed by atoms with Crippen molar-refractivity contribution < 1.29 is 14.7 Å². The van der Waals surface area contributed by atoms with Gasteiger partial charge in [-0.25, -0.2) is 0 Å². The molecule has 0 radical (unpaired) electrons. The van der Waals surface area contributed by atoms with E-state index in [4.69, 9.17) is 16.3 Å². The molecule has 1 heterocycles. The van der Waals surface area contributed by atoms with E-state index in [1.807, 2.05) is 6.92 Å². The van der Waals surface area contributed by atoms with E-state index in [1.165, 1.54) is 0 Å². The van der Waals surface area contributed by atoms with Gasteiger partial charge in [-0.15, -0.1) is 0 Å².